The van der Waals surface area contributed by atoms with Gasteiger partial charge in [-0.25, -0.2) is 4.68 Å². The maximum absolute atomic E-state index is 9.52. The molecule has 0 fully saturated rings. The van der Waals surface area contributed by atoms with Gasteiger partial charge in [0.25, 0.3) is 0 Å². The summed E-state index contributed by atoms with van der Waals surface area (Å²) in [6.07, 6.45) is 1.45. The van der Waals surface area contributed by atoms with Crippen molar-refractivity contribution in [1.82, 2.24) is 9.78 Å². The van der Waals surface area contributed by atoms with Crippen LogP contribution in [0.25, 0.3) is 5.69 Å². The number of rotatable bonds is 2. The van der Waals surface area contributed by atoms with Crippen LogP contribution in [0.3, 0.4) is 0 Å². The van der Waals surface area contributed by atoms with E-state index in [0.29, 0.717) is 0 Å². The van der Waals surface area contributed by atoms with E-state index in [-0.39, 0.29) is 0 Å². The van der Waals surface area contributed by atoms with Gasteiger partial charge in [-0.2, -0.15) is 5.10 Å². The molecule has 4 heteroatoms. The Hall–Kier alpha value is -1.13. The summed E-state index contributed by atoms with van der Waals surface area (Å²) in [6, 6.07) is 7.76. The summed E-state index contributed by atoms with van der Waals surface area (Å²) in [4.78, 5) is 0. The Bertz CT molecular complexity index is 505. The van der Waals surface area contributed by atoms with Gasteiger partial charge in [-0.15, -0.1) is 0 Å². The highest BCUT2D eigenvalue weighted by atomic mass is 79.9. The molecule has 3 nitrogen and oxygen atoms in total. The second-order valence-corrected chi connectivity index (χ2v) is 4.64. The number of hydrogen-bond acceptors (Lipinski definition) is 2. The second-order valence-electron chi connectivity index (χ2n) is 3.78. The Morgan fingerprint density at radius 3 is 2.62 bits per heavy atom. The molecule has 16 heavy (non-hydrogen) atoms. The molecule has 84 valence electrons. The lowest BCUT2D eigenvalue weighted by molar-refractivity contribution is 0.198. The quantitative estimate of drug-likeness (QED) is 0.919. The Kier molecular flexibility index (Phi) is 3.12. The highest BCUT2D eigenvalue weighted by molar-refractivity contribution is 9.10. The predicted molar refractivity (Wildman–Crippen MR) is 66.6 cm³/mol. The Morgan fingerprint density at radius 2 is 2.12 bits per heavy atom. The van der Waals surface area contributed by atoms with Gasteiger partial charge in [0.1, 0.15) is 0 Å². The van der Waals surface area contributed by atoms with E-state index in [9.17, 15) is 5.11 Å². The van der Waals surface area contributed by atoms with E-state index in [0.717, 1.165) is 21.4 Å². The number of hydrogen-bond donors (Lipinski definition) is 1. The van der Waals surface area contributed by atoms with Gasteiger partial charge in [0, 0.05) is 10.7 Å². The first-order valence-electron chi connectivity index (χ1n) is 5.08. The van der Waals surface area contributed by atoms with E-state index < -0.39 is 6.10 Å². The molecule has 1 aromatic heterocycles. The van der Waals surface area contributed by atoms with E-state index in [1.807, 2.05) is 42.1 Å². The monoisotopic (exact) mass is 280 g/mol. The summed E-state index contributed by atoms with van der Waals surface area (Å²) in [5.74, 6) is 0. The molecule has 0 radical (unpaired) electrons. The van der Waals surface area contributed by atoms with Gasteiger partial charge in [0.05, 0.1) is 17.5 Å². The molecular weight excluding hydrogens is 268 g/mol. The molecule has 0 bridgehead atoms. The van der Waals surface area contributed by atoms with Gasteiger partial charge in [0.2, 0.25) is 0 Å². The van der Waals surface area contributed by atoms with Gasteiger partial charge < -0.3 is 5.11 Å². The van der Waals surface area contributed by atoms with Crippen molar-refractivity contribution in [3.05, 3.63) is 46.2 Å². The summed E-state index contributed by atoms with van der Waals surface area (Å²) >= 11 is 3.45. The van der Waals surface area contributed by atoms with Crippen molar-refractivity contribution in [2.24, 2.45) is 0 Å². The van der Waals surface area contributed by atoms with Crippen molar-refractivity contribution in [3.63, 3.8) is 0 Å². The zero-order chi connectivity index (χ0) is 11.7. The first-order valence-corrected chi connectivity index (χ1v) is 5.87. The molecule has 0 aliphatic rings. The summed E-state index contributed by atoms with van der Waals surface area (Å²) < 4.78 is 2.71. The fourth-order valence-corrected chi connectivity index (χ4v) is 2.25. The lowest BCUT2D eigenvalue weighted by atomic mass is 10.1. The minimum absolute atomic E-state index is 0.470. The highest BCUT2D eigenvalue weighted by Crippen LogP contribution is 2.25. The smallest absolute Gasteiger partial charge is 0.0772 e. The van der Waals surface area contributed by atoms with Crippen molar-refractivity contribution in [3.8, 4) is 5.69 Å². The van der Waals surface area contributed by atoms with Crippen LogP contribution in [0, 0.1) is 6.92 Å². The van der Waals surface area contributed by atoms with Crippen LogP contribution in [0.2, 0.25) is 0 Å². The molecule has 0 unspecified atom stereocenters. The first kappa shape index (κ1) is 11.4. The zero-order valence-electron chi connectivity index (χ0n) is 9.18. The number of aliphatic hydroxyl groups is 1. The molecule has 1 heterocycles. The molecule has 0 spiro atoms. The average molecular weight is 281 g/mol. The molecular formula is C12H13BrN2O. The molecule has 2 aromatic rings. The maximum Gasteiger partial charge on any atom is 0.0772 e. The van der Waals surface area contributed by atoms with Crippen molar-refractivity contribution >= 4 is 15.9 Å². The molecule has 0 aliphatic heterocycles. The third-order valence-electron chi connectivity index (χ3n) is 2.42. The summed E-state index contributed by atoms with van der Waals surface area (Å²) in [5, 5.41) is 13.8. The van der Waals surface area contributed by atoms with E-state index in [2.05, 4.69) is 21.0 Å². The Morgan fingerprint density at radius 1 is 1.38 bits per heavy atom. The topological polar surface area (TPSA) is 38.0 Å². The van der Waals surface area contributed by atoms with Crippen LogP contribution >= 0.6 is 15.9 Å². The van der Waals surface area contributed by atoms with Crippen molar-refractivity contribution in [2.45, 2.75) is 20.0 Å². The van der Waals surface area contributed by atoms with Gasteiger partial charge in [-0.1, -0.05) is 22.0 Å². The van der Waals surface area contributed by atoms with E-state index in [1.54, 1.807) is 6.92 Å². The second kappa shape index (κ2) is 4.39. The number of halogens is 1. The third-order valence-corrected chi connectivity index (χ3v) is 3.11. The largest absolute Gasteiger partial charge is 0.389 e. The molecule has 0 saturated heterocycles. The zero-order valence-corrected chi connectivity index (χ0v) is 10.8. The average Bonchev–Trinajstić information content (AvgIpc) is 2.64. The number of nitrogens with zero attached hydrogens (tertiary/aromatic N) is 2. The molecule has 1 aromatic carbocycles. The normalized spacial score (nSPS) is 12.8. The van der Waals surface area contributed by atoms with Gasteiger partial charge in [0.15, 0.2) is 0 Å². The third kappa shape index (κ3) is 2.18. The maximum atomic E-state index is 9.52. The summed E-state index contributed by atoms with van der Waals surface area (Å²) in [7, 11) is 0. The van der Waals surface area contributed by atoms with E-state index >= 15 is 0 Å². The van der Waals surface area contributed by atoms with Crippen LogP contribution in [0.4, 0.5) is 0 Å². The Balaban J connectivity index is 2.42. The molecule has 2 rings (SSSR count). The minimum atomic E-state index is -0.470. The van der Waals surface area contributed by atoms with Crippen LogP contribution in [0.15, 0.2) is 34.9 Å². The fourth-order valence-electron chi connectivity index (χ4n) is 1.56. The van der Waals surface area contributed by atoms with Crippen molar-refractivity contribution in [2.75, 3.05) is 0 Å². The molecule has 0 saturated carbocycles. The summed E-state index contributed by atoms with van der Waals surface area (Å²) in [6.45, 7) is 3.70. The Labute approximate surface area is 103 Å². The minimum Gasteiger partial charge on any atom is -0.389 e. The fraction of sp³-hybridized carbons (Fsp3) is 0.250. The number of aliphatic hydroxyl groups excluding tert-OH is 1. The number of benzene rings is 1. The van der Waals surface area contributed by atoms with Crippen LogP contribution in [-0.2, 0) is 0 Å². The van der Waals surface area contributed by atoms with Gasteiger partial charge in [-0.3, -0.25) is 0 Å². The van der Waals surface area contributed by atoms with Crippen LogP contribution in [-0.4, -0.2) is 14.9 Å². The molecule has 1 N–H and O–H groups in total. The summed E-state index contributed by atoms with van der Waals surface area (Å²) in [5.41, 5.74) is 2.84. The van der Waals surface area contributed by atoms with Gasteiger partial charge in [-0.05, 0) is 37.6 Å². The van der Waals surface area contributed by atoms with Crippen molar-refractivity contribution < 1.29 is 5.11 Å². The molecule has 1 atom stereocenters. The lowest BCUT2D eigenvalue weighted by Gasteiger charge is -2.09. The van der Waals surface area contributed by atoms with E-state index in [1.165, 1.54) is 0 Å². The first-order chi connectivity index (χ1) is 7.58. The predicted octanol–water partition coefficient (Wildman–Crippen LogP) is 3.00. The standard InChI is InChI=1S/C12H13BrN2O/c1-8-5-6-15(14-8)10-3-4-11(9(2)16)12(13)7-10/h3-7,9,16H,1-2H3/t9-/m0/s1. The van der Waals surface area contributed by atoms with Crippen molar-refractivity contribution in [1.29, 1.82) is 0 Å². The van der Waals surface area contributed by atoms with Crippen LogP contribution in [0.1, 0.15) is 24.3 Å². The van der Waals surface area contributed by atoms with Gasteiger partial charge >= 0.3 is 0 Å². The van der Waals surface area contributed by atoms with Crippen LogP contribution < -0.4 is 0 Å². The number of aromatic nitrogens is 2. The molecule has 0 aliphatic carbocycles. The SMILES string of the molecule is Cc1ccn(-c2ccc([C@H](C)O)c(Br)c2)n1. The highest BCUT2D eigenvalue weighted by Gasteiger charge is 2.07. The number of aryl methyl sites for hydroxylation is 1. The van der Waals surface area contributed by atoms with Crippen LogP contribution in [0.5, 0.6) is 0 Å². The van der Waals surface area contributed by atoms with E-state index in [4.69, 9.17) is 0 Å². The lowest BCUT2D eigenvalue weighted by Crippen LogP contribution is -1.98. The molecule has 0 amide bonds.